The van der Waals surface area contributed by atoms with Crippen LogP contribution in [0.3, 0.4) is 0 Å². The number of unbranched alkanes of at least 4 members (excludes halogenated alkanes) is 5. The highest BCUT2D eigenvalue weighted by Crippen LogP contribution is 2.07. The average Bonchev–Trinajstić information content (AvgIpc) is 2.36. The topological polar surface area (TPSA) is 27.7 Å². The van der Waals surface area contributed by atoms with E-state index in [-0.39, 0.29) is 6.29 Å². The van der Waals surface area contributed by atoms with Gasteiger partial charge in [0.25, 0.3) is 0 Å². The van der Waals surface area contributed by atoms with Gasteiger partial charge in [0, 0.05) is 27.4 Å². The first kappa shape index (κ1) is 16.9. The molecule has 104 valence electrons. The first-order valence-electron chi connectivity index (χ1n) is 6.98. The van der Waals surface area contributed by atoms with Gasteiger partial charge in [-0.15, -0.1) is 0 Å². The average molecular weight is 246 g/mol. The van der Waals surface area contributed by atoms with Gasteiger partial charge in [-0.3, -0.25) is 0 Å². The van der Waals surface area contributed by atoms with Gasteiger partial charge in [-0.25, -0.2) is 0 Å². The Bertz CT molecular complexity index is 135. The van der Waals surface area contributed by atoms with Crippen molar-refractivity contribution in [1.82, 2.24) is 0 Å². The first-order chi connectivity index (χ1) is 8.35. The molecule has 0 spiro atoms. The molecule has 0 bridgehead atoms. The summed E-state index contributed by atoms with van der Waals surface area (Å²) >= 11 is 0. The molecule has 0 N–H and O–H groups in total. The fourth-order valence-corrected chi connectivity index (χ4v) is 1.76. The van der Waals surface area contributed by atoms with E-state index in [9.17, 15) is 0 Å². The van der Waals surface area contributed by atoms with Crippen LogP contribution in [0.5, 0.6) is 0 Å². The molecule has 0 aromatic heterocycles. The van der Waals surface area contributed by atoms with E-state index >= 15 is 0 Å². The van der Waals surface area contributed by atoms with Gasteiger partial charge in [0.05, 0.1) is 0 Å². The summed E-state index contributed by atoms with van der Waals surface area (Å²) < 4.78 is 15.8. The zero-order chi connectivity index (χ0) is 12.8. The van der Waals surface area contributed by atoms with Gasteiger partial charge in [-0.05, 0) is 25.7 Å². The molecule has 0 aromatic carbocycles. The van der Waals surface area contributed by atoms with Crippen molar-refractivity contribution in [3.05, 3.63) is 0 Å². The molecule has 0 atom stereocenters. The predicted molar refractivity (Wildman–Crippen MR) is 71.2 cm³/mol. The normalized spacial score (nSPS) is 11.3. The highest BCUT2D eigenvalue weighted by Gasteiger charge is 2.03. The summed E-state index contributed by atoms with van der Waals surface area (Å²) in [5.41, 5.74) is 0. The van der Waals surface area contributed by atoms with E-state index in [2.05, 4.69) is 6.92 Å². The minimum absolute atomic E-state index is 0.0371. The van der Waals surface area contributed by atoms with Crippen molar-refractivity contribution in [2.75, 3.05) is 27.4 Å². The van der Waals surface area contributed by atoms with Crippen LogP contribution >= 0.6 is 0 Å². The summed E-state index contributed by atoms with van der Waals surface area (Å²) in [6.45, 7) is 4.06. The van der Waals surface area contributed by atoms with E-state index in [4.69, 9.17) is 14.2 Å². The van der Waals surface area contributed by atoms with Crippen molar-refractivity contribution in [2.45, 2.75) is 64.6 Å². The Labute approximate surface area is 107 Å². The maximum Gasteiger partial charge on any atom is 0.156 e. The second kappa shape index (κ2) is 13.9. The lowest BCUT2D eigenvalue weighted by atomic mass is 10.2. The third-order valence-electron chi connectivity index (χ3n) is 2.90. The Kier molecular flexibility index (Phi) is 13.8. The van der Waals surface area contributed by atoms with Crippen LogP contribution in [0.1, 0.15) is 58.3 Å². The summed E-state index contributed by atoms with van der Waals surface area (Å²) in [6.07, 6.45) is 9.56. The second-order valence-electron chi connectivity index (χ2n) is 4.42. The molecule has 0 heterocycles. The highest BCUT2D eigenvalue weighted by molar-refractivity contribution is 4.47. The van der Waals surface area contributed by atoms with Crippen LogP contribution in [0, 0.1) is 0 Å². The molecule has 0 radical (unpaired) electrons. The molecule has 0 aliphatic carbocycles. The van der Waals surface area contributed by atoms with Crippen LogP contribution < -0.4 is 0 Å². The number of hydrogen-bond donors (Lipinski definition) is 0. The largest absolute Gasteiger partial charge is 0.381 e. The Hall–Kier alpha value is -0.120. The van der Waals surface area contributed by atoms with E-state index in [0.29, 0.717) is 0 Å². The maximum absolute atomic E-state index is 5.58. The van der Waals surface area contributed by atoms with E-state index in [1.807, 2.05) is 0 Å². The molecule has 0 unspecified atom stereocenters. The molecule has 0 rings (SSSR count). The molecule has 0 amide bonds. The molecular formula is C14H30O3. The monoisotopic (exact) mass is 246 g/mol. The Morgan fingerprint density at radius 3 is 1.88 bits per heavy atom. The quantitative estimate of drug-likeness (QED) is 0.366. The Balaban J connectivity index is 3.03. The van der Waals surface area contributed by atoms with Crippen LogP contribution in [-0.2, 0) is 14.2 Å². The van der Waals surface area contributed by atoms with E-state index < -0.39 is 0 Å². The molecule has 0 aromatic rings. The summed E-state index contributed by atoms with van der Waals surface area (Å²) in [4.78, 5) is 0. The summed E-state index contributed by atoms with van der Waals surface area (Å²) in [6, 6.07) is 0. The summed E-state index contributed by atoms with van der Waals surface area (Å²) in [5, 5.41) is 0. The molecule has 0 aliphatic heterocycles. The third-order valence-corrected chi connectivity index (χ3v) is 2.90. The highest BCUT2D eigenvalue weighted by atomic mass is 16.7. The van der Waals surface area contributed by atoms with Crippen LogP contribution in [0.4, 0.5) is 0 Å². The van der Waals surface area contributed by atoms with E-state index in [1.165, 1.54) is 32.1 Å². The molecular weight excluding hydrogens is 216 g/mol. The molecule has 3 heteroatoms. The number of ether oxygens (including phenoxy) is 3. The number of rotatable bonds is 13. The Morgan fingerprint density at radius 2 is 1.35 bits per heavy atom. The van der Waals surface area contributed by atoms with Gasteiger partial charge in [0.15, 0.2) is 6.29 Å². The van der Waals surface area contributed by atoms with Crippen molar-refractivity contribution in [1.29, 1.82) is 0 Å². The lowest BCUT2D eigenvalue weighted by molar-refractivity contribution is -0.107. The zero-order valence-corrected chi connectivity index (χ0v) is 11.9. The van der Waals surface area contributed by atoms with Crippen LogP contribution in [0.15, 0.2) is 0 Å². The fourth-order valence-electron chi connectivity index (χ4n) is 1.76. The first-order valence-corrected chi connectivity index (χ1v) is 6.98. The summed E-state index contributed by atoms with van der Waals surface area (Å²) in [5.74, 6) is 0. The van der Waals surface area contributed by atoms with Crippen molar-refractivity contribution in [2.24, 2.45) is 0 Å². The van der Waals surface area contributed by atoms with Gasteiger partial charge in [-0.2, -0.15) is 0 Å². The maximum atomic E-state index is 5.58. The molecule has 0 fully saturated rings. The SMILES string of the molecule is CCCCCCOCCCCCC(OC)OC. The minimum Gasteiger partial charge on any atom is -0.381 e. The van der Waals surface area contributed by atoms with Gasteiger partial charge in [-0.1, -0.05) is 32.6 Å². The van der Waals surface area contributed by atoms with E-state index in [0.717, 1.165) is 32.5 Å². The second-order valence-corrected chi connectivity index (χ2v) is 4.42. The zero-order valence-electron chi connectivity index (χ0n) is 11.9. The van der Waals surface area contributed by atoms with Crippen LogP contribution in [-0.4, -0.2) is 33.7 Å². The van der Waals surface area contributed by atoms with Crippen molar-refractivity contribution in [3.8, 4) is 0 Å². The van der Waals surface area contributed by atoms with Crippen molar-refractivity contribution >= 4 is 0 Å². The van der Waals surface area contributed by atoms with Crippen molar-refractivity contribution in [3.63, 3.8) is 0 Å². The van der Waals surface area contributed by atoms with Gasteiger partial charge < -0.3 is 14.2 Å². The van der Waals surface area contributed by atoms with Gasteiger partial charge in [0.2, 0.25) is 0 Å². The molecule has 17 heavy (non-hydrogen) atoms. The van der Waals surface area contributed by atoms with Crippen LogP contribution in [0.25, 0.3) is 0 Å². The van der Waals surface area contributed by atoms with Gasteiger partial charge in [0.1, 0.15) is 0 Å². The number of methoxy groups -OCH3 is 2. The standard InChI is InChI=1S/C14H30O3/c1-4-5-6-9-12-17-13-10-7-8-11-14(15-2)16-3/h14H,4-13H2,1-3H3. The molecule has 0 aliphatic rings. The Morgan fingerprint density at radius 1 is 0.765 bits per heavy atom. The van der Waals surface area contributed by atoms with E-state index in [1.54, 1.807) is 14.2 Å². The molecule has 3 nitrogen and oxygen atoms in total. The minimum atomic E-state index is -0.0371. The molecule has 0 saturated carbocycles. The molecule has 0 saturated heterocycles. The predicted octanol–water partition coefficient (Wildman–Crippen LogP) is 3.76. The fraction of sp³-hybridized carbons (Fsp3) is 1.00. The number of hydrogen-bond acceptors (Lipinski definition) is 3. The lowest BCUT2D eigenvalue weighted by Crippen LogP contribution is -2.12. The third kappa shape index (κ3) is 12.1. The van der Waals surface area contributed by atoms with Crippen molar-refractivity contribution < 1.29 is 14.2 Å². The smallest absolute Gasteiger partial charge is 0.156 e. The van der Waals surface area contributed by atoms with Gasteiger partial charge >= 0.3 is 0 Å². The lowest BCUT2D eigenvalue weighted by Gasteiger charge is -2.12. The van der Waals surface area contributed by atoms with Crippen LogP contribution in [0.2, 0.25) is 0 Å². The summed E-state index contributed by atoms with van der Waals surface area (Å²) in [7, 11) is 3.38.